The van der Waals surface area contributed by atoms with Gasteiger partial charge in [0, 0.05) is 30.6 Å². The van der Waals surface area contributed by atoms with E-state index in [1.807, 2.05) is 0 Å². The average molecular weight is 374 g/mol. The van der Waals surface area contributed by atoms with Gasteiger partial charge in [-0.2, -0.15) is 5.10 Å². The predicted molar refractivity (Wildman–Crippen MR) is 93.3 cm³/mol. The van der Waals surface area contributed by atoms with Crippen molar-refractivity contribution in [2.45, 2.75) is 11.4 Å². The van der Waals surface area contributed by atoms with E-state index in [4.69, 9.17) is 0 Å². The minimum absolute atomic E-state index is 0.0169. The van der Waals surface area contributed by atoms with E-state index >= 15 is 0 Å². The molecule has 7 nitrogen and oxygen atoms in total. The van der Waals surface area contributed by atoms with Crippen LogP contribution in [0.2, 0.25) is 0 Å². The lowest BCUT2D eigenvalue weighted by atomic mass is 10.1. The summed E-state index contributed by atoms with van der Waals surface area (Å²) < 4.78 is 40.8. The Morgan fingerprint density at radius 1 is 1.08 bits per heavy atom. The third kappa shape index (κ3) is 4.19. The van der Waals surface area contributed by atoms with Crippen molar-refractivity contribution in [1.82, 2.24) is 19.5 Å². The lowest BCUT2D eigenvalue weighted by molar-refractivity contribution is 0.548. The molecule has 1 N–H and O–H groups in total. The average Bonchev–Trinajstić information content (AvgIpc) is 2.65. The molecule has 2 heterocycles. The molecule has 0 bridgehead atoms. The molecule has 0 atom stereocenters. The van der Waals surface area contributed by atoms with E-state index in [-0.39, 0.29) is 29.4 Å². The molecular weight excluding hydrogens is 359 g/mol. The molecule has 0 aliphatic heterocycles. The Morgan fingerprint density at radius 3 is 2.54 bits per heavy atom. The summed E-state index contributed by atoms with van der Waals surface area (Å²) in [5.74, 6) is -0.369. The fourth-order valence-electron chi connectivity index (χ4n) is 2.26. The van der Waals surface area contributed by atoms with Gasteiger partial charge in [-0.1, -0.05) is 0 Å². The second-order valence-electron chi connectivity index (χ2n) is 5.37. The third-order valence-corrected chi connectivity index (χ3v) is 5.01. The van der Waals surface area contributed by atoms with E-state index in [1.165, 1.54) is 48.8 Å². The van der Waals surface area contributed by atoms with Crippen LogP contribution in [0.15, 0.2) is 70.6 Å². The molecule has 0 saturated heterocycles. The van der Waals surface area contributed by atoms with Crippen LogP contribution in [0.1, 0.15) is 0 Å². The number of aromatic nitrogens is 3. The largest absolute Gasteiger partial charge is 0.268 e. The van der Waals surface area contributed by atoms with E-state index in [9.17, 15) is 17.6 Å². The highest BCUT2D eigenvalue weighted by Gasteiger charge is 2.13. The smallest absolute Gasteiger partial charge is 0.266 e. The van der Waals surface area contributed by atoms with Crippen LogP contribution in [0.25, 0.3) is 11.3 Å². The molecule has 3 aromatic rings. The quantitative estimate of drug-likeness (QED) is 0.704. The predicted octanol–water partition coefficient (Wildman–Crippen LogP) is 1.42. The number of hydrogen-bond acceptors (Lipinski definition) is 5. The van der Waals surface area contributed by atoms with Crippen molar-refractivity contribution < 1.29 is 12.8 Å². The lowest BCUT2D eigenvalue weighted by Crippen LogP contribution is -2.32. The van der Waals surface area contributed by atoms with Gasteiger partial charge in [-0.05, 0) is 42.5 Å². The Kier molecular flexibility index (Phi) is 5.19. The van der Waals surface area contributed by atoms with Crippen LogP contribution < -0.4 is 10.3 Å². The van der Waals surface area contributed by atoms with Crippen molar-refractivity contribution in [2.75, 3.05) is 6.54 Å². The molecule has 0 unspecified atom stereocenters. The minimum Gasteiger partial charge on any atom is -0.268 e. The van der Waals surface area contributed by atoms with Gasteiger partial charge in [0.1, 0.15) is 10.7 Å². The Balaban J connectivity index is 1.73. The van der Waals surface area contributed by atoms with Crippen molar-refractivity contribution in [2.24, 2.45) is 0 Å². The van der Waals surface area contributed by atoms with Gasteiger partial charge in [0.15, 0.2) is 0 Å². The molecule has 26 heavy (non-hydrogen) atoms. The van der Waals surface area contributed by atoms with Crippen LogP contribution in [0, 0.1) is 5.82 Å². The summed E-state index contributed by atoms with van der Waals surface area (Å²) in [6.07, 6.45) is 2.71. The number of rotatable bonds is 6. The summed E-state index contributed by atoms with van der Waals surface area (Å²) >= 11 is 0. The molecular formula is C17H15FN4O3S. The molecule has 0 aliphatic carbocycles. The molecule has 0 radical (unpaired) electrons. The number of sulfonamides is 1. The fraction of sp³-hybridized carbons (Fsp3) is 0.118. The molecule has 0 amide bonds. The van der Waals surface area contributed by atoms with Gasteiger partial charge in [0.2, 0.25) is 10.0 Å². The summed E-state index contributed by atoms with van der Waals surface area (Å²) in [4.78, 5) is 15.7. The van der Waals surface area contributed by atoms with E-state index in [1.54, 1.807) is 12.1 Å². The van der Waals surface area contributed by atoms with E-state index in [2.05, 4.69) is 14.8 Å². The van der Waals surface area contributed by atoms with E-state index in [0.29, 0.717) is 11.3 Å². The molecule has 0 saturated carbocycles. The summed E-state index contributed by atoms with van der Waals surface area (Å²) in [6.45, 7) is 0.0321. The van der Waals surface area contributed by atoms with E-state index in [0.717, 1.165) is 4.68 Å². The van der Waals surface area contributed by atoms with Crippen LogP contribution in [0.5, 0.6) is 0 Å². The molecule has 9 heteroatoms. The molecule has 0 spiro atoms. The number of halogens is 1. The second kappa shape index (κ2) is 7.54. The SMILES string of the molecule is O=c1ccc(-c2ccc(F)cc2)nn1CCNS(=O)(=O)c1cccnc1. The Hall–Kier alpha value is -2.91. The maximum atomic E-state index is 13.0. The number of nitrogens with zero attached hydrogens (tertiary/aromatic N) is 3. The first-order chi connectivity index (χ1) is 12.5. The second-order valence-corrected chi connectivity index (χ2v) is 7.14. The van der Waals surface area contributed by atoms with Crippen molar-refractivity contribution in [1.29, 1.82) is 0 Å². The van der Waals surface area contributed by atoms with Gasteiger partial charge in [-0.3, -0.25) is 9.78 Å². The van der Waals surface area contributed by atoms with E-state index < -0.39 is 10.0 Å². The van der Waals surface area contributed by atoms with Crippen molar-refractivity contribution in [3.8, 4) is 11.3 Å². The van der Waals surface area contributed by atoms with Crippen LogP contribution in [0.4, 0.5) is 4.39 Å². The van der Waals surface area contributed by atoms with Gasteiger partial charge in [-0.25, -0.2) is 22.2 Å². The number of benzene rings is 1. The van der Waals surface area contributed by atoms with Crippen LogP contribution in [-0.2, 0) is 16.6 Å². The summed E-state index contributed by atoms with van der Waals surface area (Å²) in [6, 6.07) is 11.5. The van der Waals surface area contributed by atoms with Crippen LogP contribution in [0.3, 0.4) is 0 Å². The number of hydrogen-bond donors (Lipinski definition) is 1. The summed E-state index contributed by atoms with van der Waals surface area (Å²) in [5, 5.41) is 4.20. The highest BCUT2D eigenvalue weighted by Crippen LogP contribution is 2.15. The monoisotopic (exact) mass is 374 g/mol. The molecule has 1 aromatic carbocycles. The minimum atomic E-state index is -3.71. The van der Waals surface area contributed by atoms with Crippen molar-refractivity contribution in [3.05, 3.63) is 77.1 Å². The zero-order valence-corrected chi connectivity index (χ0v) is 14.4. The maximum Gasteiger partial charge on any atom is 0.266 e. The highest BCUT2D eigenvalue weighted by molar-refractivity contribution is 7.89. The Bertz CT molecular complexity index is 1050. The molecule has 0 aliphatic rings. The number of pyridine rings is 1. The summed E-state index contributed by atoms with van der Waals surface area (Å²) in [7, 11) is -3.71. The normalized spacial score (nSPS) is 11.4. The third-order valence-electron chi connectivity index (χ3n) is 3.57. The van der Waals surface area contributed by atoms with Gasteiger partial charge in [-0.15, -0.1) is 0 Å². The first kappa shape index (κ1) is 17.9. The van der Waals surface area contributed by atoms with Crippen LogP contribution in [-0.4, -0.2) is 29.7 Å². The van der Waals surface area contributed by atoms with Crippen molar-refractivity contribution in [3.63, 3.8) is 0 Å². The first-order valence-electron chi connectivity index (χ1n) is 7.69. The number of nitrogens with one attached hydrogen (secondary N) is 1. The molecule has 3 rings (SSSR count). The molecule has 2 aromatic heterocycles. The summed E-state index contributed by atoms with van der Waals surface area (Å²) in [5.41, 5.74) is 0.771. The maximum absolute atomic E-state index is 13.0. The molecule has 0 fully saturated rings. The zero-order chi connectivity index (χ0) is 18.6. The topological polar surface area (TPSA) is 94.0 Å². The van der Waals surface area contributed by atoms with Crippen LogP contribution >= 0.6 is 0 Å². The first-order valence-corrected chi connectivity index (χ1v) is 9.18. The highest BCUT2D eigenvalue weighted by atomic mass is 32.2. The Morgan fingerprint density at radius 2 is 1.85 bits per heavy atom. The molecule has 134 valence electrons. The van der Waals surface area contributed by atoms with Crippen molar-refractivity contribution >= 4 is 10.0 Å². The lowest BCUT2D eigenvalue weighted by Gasteiger charge is -2.09. The Labute approximate surface area is 149 Å². The van der Waals surface area contributed by atoms with Gasteiger partial charge >= 0.3 is 0 Å². The van der Waals surface area contributed by atoms with Gasteiger partial charge < -0.3 is 0 Å². The van der Waals surface area contributed by atoms with Gasteiger partial charge in [0.05, 0.1) is 12.2 Å². The zero-order valence-electron chi connectivity index (χ0n) is 13.5. The fourth-order valence-corrected chi connectivity index (χ4v) is 3.24. The van der Waals surface area contributed by atoms with Gasteiger partial charge in [0.25, 0.3) is 5.56 Å². The standard InChI is InChI=1S/C17H15FN4O3S/c18-14-5-3-13(4-6-14)16-7-8-17(23)22(21-16)11-10-20-26(24,25)15-2-1-9-19-12-15/h1-9,12,20H,10-11H2.